The summed E-state index contributed by atoms with van der Waals surface area (Å²) in [6.07, 6.45) is 0. The fraction of sp³-hybridized carbons (Fsp3) is 0.300. The molecule has 0 unspecified atom stereocenters. The molecule has 2 amide bonds. The lowest BCUT2D eigenvalue weighted by Gasteiger charge is -2.39. The van der Waals surface area contributed by atoms with Crippen LogP contribution in [0.2, 0.25) is 5.02 Å². The second-order valence-corrected chi connectivity index (χ2v) is 6.90. The van der Waals surface area contributed by atoms with Crippen molar-refractivity contribution in [1.82, 2.24) is 4.90 Å². The van der Waals surface area contributed by atoms with E-state index in [1.54, 1.807) is 30.1 Å². The summed E-state index contributed by atoms with van der Waals surface area (Å²) in [7, 11) is 4.37. The number of carbonyl (C=O) groups is 2. The molecule has 0 N–H and O–H groups in total. The van der Waals surface area contributed by atoms with Crippen LogP contribution in [0.4, 0.5) is 14.9 Å². The van der Waals surface area contributed by atoms with Crippen molar-refractivity contribution in [1.29, 1.82) is 0 Å². The van der Waals surface area contributed by atoms with Gasteiger partial charge in [0.05, 0.1) is 43.1 Å². The lowest BCUT2D eigenvalue weighted by atomic mass is 9.98. The molecular weight excluding hydrogens is 387 g/mol. The Bertz CT molecular complexity index is 927. The predicted octanol–water partition coefficient (Wildman–Crippen LogP) is 4.41. The summed E-state index contributed by atoms with van der Waals surface area (Å²) in [4.78, 5) is 27.8. The third-order valence-electron chi connectivity index (χ3n) is 4.97. The molecule has 0 fully saturated rings. The molecule has 0 spiro atoms. The second-order valence-electron chi connectivity index (χ2n) is 6.49. The van der Waals surface area contributed by atoms with Crippen molar-refractivity contribution < 1.29 is 23.5 Å². The van der Waals surface area contributed by atoms with Gasteiger partial charge in [0.25, 0.3) is 0 Å². The smallest absolute Gasteiger partial charge is 0.337 e. The van der Waals surface area contributed by atoms with Crippen LogP contribution in [0.5, 0.6) is 5.75 Å². The summed E-state index contributed by atoms with van der Waals surface area (Å²) in [5.41, 5.74) is 1.81. The molecule has 0 radical (unpaired) electrons. The molecule has 1 heterocycles. The van der Waals surface area contributed by atoms with Crippen LogP contribution in [-0.4, -0.2) is 38.2 Å². The van der Waals surface area contributed by atoms with Gasteiger partial charge in [-0.2, -0.15) is 0 Å². The van der Waals surface area contributed by atoms with Crippen molar-refractivity contribution in [2.75, 3.05) is 26.2 Å². The zero-order chi connectivity index (χ0) is 20.6. The molecule has 3 rings (SSSR count). The summed E-state index contributed by atoms with van der Waals surface area (Å²) in [5.74, 6) is -0.810. The molecule has 148 valence electrons. The molecule has 1 atom stereocenters. The summed E-state index contributed by atoms with van der Waals surface area (Å²) < 4.78 is 24.4. The highest BCUT2D eigenvalue weighted by atomic mass is 35.5. The van der Waals surface area contributed by atoms with E-state index in [1.807, 2.05) is 6.92 Å². The Kier molecular flexibility index (Phi) is 5.47. The van der Waals surface area contributed by atoms with Gasteiger partial charge in [0.15, 0.2) is 0 Å². The van der Waals surface area contributed by atoms with Crippen LogP contribution in [0, 0.1) is 5.82 Å². The van der Waals surface area contributed by atoms with E-state index in [0.29, 0.717) is 11.3 Å². The molecule has 1 aliphatic heterocycles. The Morgan fingerprint density at radius 3 is 2.57 bits per heavy atom. The molecule has 2 aromatic rings. The molecule has 8 heteroatoms. The maximum atomic E-state index is 14.6. The normalized spacial score (nSPS) is 16.1. The van der Waals surface area contributed by atoms with Crippen LogP contribution < -0.4 is 9.64 Å². The van der Waals surface area contributed by atoms with Crippen molar-refractivity contribution in [2.24, 2.45) is 0 Å². The van der Waals surface area contributed by atoms with E-state index in [-0.39, 0.29) is 35.0 Å². The number of fused-ring (bicyclic) bond motifs is 1. The first-order valence-corrected chi connectivity index (χ1v) is 8.94. The minimum Gasteiger partial charge on any atom is -0.497 e. The van der Waals surface area contributed by atoms with E-state index in [4.69, 9.17) is 21.1 Å². The van der Waals surface area contributed by atoms with Gasteiger partial charge in [0.2, 0.25) is 0 Å². The third-order valence-corrected chi connectivity index (χ3v) is 5.31. The number of methoxy groups -OCH3 is 2. The standard InChI is InChI=1S/C20H20ClFN2O4/c1-11-14-6-5-12(19(25)28-4)7-18(14)24(20(26)23(11)2)10-15-16(21)8-13(27-3)9-17(15)22/h5-9,11H,10H2,1-4H3/t11-/m0/s1. The summed E-state index contributed by atoms with van der Waals surface area (Å²) in [5, 5.41) is 0.150. The molecule has 1 aliphatic rings. The van der Waals surface area contributed by atoms with Gasteiger partial charge < -0.3 is 14.4 Å². The van der Waals surface area contributed by atoms with Gasteiger partial charge in [0, 0.05) is 18.7 Å². The average Bonchev–Trinajstić information content (AvgIpc) is 2.69. The van der Waals surface area contributed by atoms with Crippen LogP contribution in [0.25, 0.3) is 0 Å². The zero-order valence-corrected chi connectivity index (χ0v) is 16.7. The number of carbonyl (C=O) groups excluding carboxylic acids is 2. The van der Waals surface area contributed by atoms with Crippen LogP contribution in [0.15, 0.2) is 30.3 Å². The number of halogens is 2. The monoisotopic (exact) mass is 406 g/mol. The summed E-state index contributed by atoms with van der Waals surface area (Å²) in [6.45, 7) is 1.79. The molecule has 0 saturated heterocycles. The van der Waals surface area contributed by atoms with E-state index in [1.165, 1.54) is 31.3 Å². The van der Waals surface area contributed by atoms with E-state index in [2.05, 4.69) is 0 Å². The Morgan fingerprint density at radius 2 is 1.96 bits per heavy atom. The SMILES string of the molecule is COC(=O)c1ccc2c(c1)N(Cc1c(F)cc(OC)cc1Cl)C(=O)N(C)[C@H]2C. The molecule has 28 heavy (non-hydrogen) atoms. The van der Waals surface area contributed by atoms with Crippen molar-refractivity contribution >= 4 is 29.3 Å². The first kappa shape index (κ1) is 19.9. The van der Waals surface area contributed by atoms with Crippen LogP contribution in [-0.2, 0) is 11.3 Å². The highest BCUT2D eigenvalue weighted by molar-refractivity contribution is 6.31. The molecule has 0 aliphatic carbocycles. The number of hydrogen-bond donors (Lipinski definition) is 0. The quantitative estimate of drug-likeness (QED) is 0.706. The maximum Gasteiger partial charge on any atom is 0.337 e. The number of rotatable bonds is 4. The molecule has 0 saturated carbocycles. The number of hydrogen-bond acceptors (Lipinski definition) is 4. The van der Waals surface area contributed by atoms with Crippen molar-refractivity contribution in [3.63, 3.8) is 0 Å². The van der Waals surface area contributed by atoms with E-state index >= 15 is 0 Å². The number of benzene rings is 2. The van der Waals surface area contributed by atoms with E-state index in [9.17, 15) is 14.0 Å². The van der Waals surface area contributed by atoms with Gasteiger partial charge in [-0.05, 0) is 30.7 Å². The Labute approximate surface area is 167 Å². The first-order chi connectivity index (χ1) is 13.3. The number of urea groups is 1. The number of esters is 1. The van der Waals surface area contributed by atoms with Gasteiger partial charge in [-0.15, -0.1) is 0 Å². The van der Waals surface area contributed by atoms with Crippen molar-refractivity contribution in [3.05, 3.63) is 57.9 Å². The topological polar surface area (TPSA) is 59.1 Å². The first-order valence-electron chi connectivity index (χ1n) is 8.57. The third kappa shape index (κ3) is 3.38. The number of nitrogens with zero attached hydrogens (tertiary/aromatic N) is 2. The van der Waals surface area contributed by atoms with Gasteiger partial charge in [-0.1, -0.05) is 17.7 Å². The van der Waals surface area contributed by atoms with Crippen molar-refractivity contribution in [2.45, 2.75) is 19.5 Å². The maximum absolute atomic E-state index is 14.6. The minimum absolute atomic E-state index is 0.0951. The van der Waals surface area contributed by atoms with Gasteiger partial charge in [-0.25, -0.2) is 14.0 Å². The Morgan fingerprint density at radius 1 is 1.25 bits per heavy atom. The predicted molar refractivity (Wildman–Crippen MR) is 104 cm³/mol. The van der Waals surface area contributed by atoms with E-state index < -0.39 is 11.8 Å². The fourth-order valence-electron chi connectivity index (χ4n) is 3.20. The highest BCUT2D eigenvalue weighted by Gasteiger charge is 2.34. The molecule has 0 aromatic heterocycles. The average molecular weight is 407 g/mol. The number of ether oxygens (including phenoxy) is 2. The lowest BCUT2D eigenvalue weighted by Crippen LogP contribution is -2.46. The summed E-state index contributed by atoms with van der Waals surface area (Å²) >= 11 is 6.23. The largest absolute Gasteiger partial charge is 0.497 e. The lowest BCUT2D eigenvalue weighted by molar-refractivity contribution is 0.0600. The van der Waals surface area contributed by atoms with Crippen molar-refractivity contribution in [3.8, 4) is 5.75 Å². The van der Waals surface area contributed by atoms with Crippen LogP contribution in [0.1, 0.15) is 34.5 Å². The second kappa shape index (κ2) is 7.67. The highest BCUT2D eigenvalue weighted by Crippen LogP contribution is 2.38. The number of amides is 2. The Hall–Kier alpha value is -2.80. The molecule has 0 bridgehead atoms. The van der Waals surface area contributed by atoms with Gasteiger partial charge in [0.1, 0.15) is 11.6 Å². The van der Waals surface area contributed by atoms with Crippen LogP contribution in [0.3, 0.4) is 0 Å². The zero-order valence-electron chi connectivity index (χ0n) is 16.0. The molecular formula is C20H20ClFN2O4. The van der Waals surface area contributed by atoms with Gasteiger partial charge >= 0.3 is 12.0 Å². The van der Waals surface area contributed by atoms with Gasteiger partial charge in [-0.3, -0.25) is 4.90 Å². The minimum atomic E-state index is -0.580. The number of anilines is 1. The van der Waals surface area contributed by atoms with E-state index in [0.717, 1.165) is 5.56 Å². The summed E-state index contributed by atoms with van der Waals surface area (Å²) in [6, 6.07) is 7.17. The molecule has 6 nitrogen and oxygen atoms in total. The molecule has 2 aromatic carbocycles. The Balaban J connectivity index is 2.10. The van der Waals surface area contributed by atoms with Crippen LogP contribution >= 0.6 is 11.6 Å². The fourth-order valence-corrected chi connectivity index (χ4v) is 3.46.